The monoisotopic (exact) mass is 784 g/mol. The van der Waals surface area contributed by atoms with Gasteiger partial charge in [0.25, 0.3) is 0 Å². The van der Waals surface area contributed by atoms with Crippen LogP contribution in [0.3, 0.4) is 0 Å². The summed E-state index contributed by atoms with van der Waals surface area (Å²) in [6.07, 6.45) is 2.40. The number of fused-ring (bicyclic) bond motifs is 4. The van der Waals surface area contributed by atoms with E-state index in [0.717, 1.165) is 9.14 Å². The Balaban J connectivity index is 1.37. The lowest BCUT2D eigenvalue weighted by Gasteiger charge is -2.50. The molecule has 2 aliphatic heterocycles. The number of amides is 4. The highest BCUT2D eigenvalue weighted by atomic mass is 127. The van der Waals surface area contributed by atoms with Crippen molar-refractivity contribution in [2.75, 3.05) is 16.9 Å². The fourth-order valence-electron chi connectivity index (χ4n) is 8.87. The second kappa shape index (κ2) is 11.8. The van der Waals surface area contributed by atoms with Gasteiger partial charge in [-0.15, -0.1) is 0 Å². The molecule has 4 amide bonds. The maximum atomic E-state index is 15.3. The molecule has 0 unspecified atom stereocenters. The van der Waals surface area contributed by atoms with E-state index in [9.17, 15) is 19.5 Å². The van der Waals surface area contributed by atoms with E-state index in [-0.39, 0.29) is 36.2 Å². The average Bonchev–Trinajstić information content (AvgIpc) is 3.50. The molecule has 8 nitrogen and oxygen atoms in total. The van der Waals surface area contributed by atoms with Gasteiger partial charge in [-0.2, -0.15) is 0 Å². The van der Waals surface area contributed by atoms with E-state index >= 15 is 4.79 Å². The Labute approximate surface area is 301 Å². The van der Waals surface area contributed by atoms with Crippen molar-refractivity contribution in [1.82, 2.24) is 0 Å². The quantitative estimate of drug-likeness (QED) is 0.133. The molecule has 4 aliphatic rings. The lowest BCUT2D eigenvalue weighted by Crippen LogP contribution is -2.53. The number of halogens is 2. The van der Waals surface area contributed by atoms with E-state index < -0.39 is 46.8 Å². The minimum absolute atomic E-state index is 0.150. The zero-order chi connectivity index (χ0) is 34.2. The molecule has 3 fully saturated rings. The summed E-state index contributed by atoms with van der Waals surface area (Å²) in [5.41, 5.74) is 1.12. The first-order valence-electron chi connectivity index (χ1n) is 16.1. The highest BCUT2D eigenvalue weighted by Gasteiger charge is 2.70. The Morgan fingerprint density at radius 2 is 1.55 bits per heavy atom. The van der Waals surface area contributed by atoms with Crippen molar-refractivity contribution in [3.05, 3.63) is 128 Å². The van der Waals surface area contributed by atoms with Crippen LogP contribution < -0.4 is 14.5 Å². The number of imide groups is 2. The fraction of sp³-hybridized carbons (Fsp3) is 0.231. The number of phenols is 1. The number of rotatable bonds is 5. The van der Waals surface area contributed by atoms with Crippen molar-refractivity contribution in [3.63, 3.8) is 0 Å². The van der Waals surface area contributed by atoms with Gasteiger partial charge in [0.1, 0.15) is 0 Å². The molecule has 10 heteroatoms. The number of para-hydroxylation sites is 1. The molecule has 49 heavy (non-hydrogen) atoms. The highest BCUT2D eigenvalue weighted by Crippen LogP contribution is 2.65. The summed E-state index contributed by atoms with van der Waals surface area (Å²) in [7, 11) is 1.45. The van der Waals surface area contributed by atoms with E-state index in [0.29, 0.717) is 27.5 Å². The van der Waals surface area contributed by atoms with Gasteiger partial charge in [-0.25, -0.2) is 4.90 Å². The largest absolute Gasteiger partial charge is 0.504 e. The van der Waals surface area contributed by atoms with E-state index in [1.807, 2.05) is 48.5 Å². The molecular weight excluding hydrogens is 755 g/mol. The van der Waals surface area contributed by atoms with Crippen LogP contribution >= 0.6 is 34.2 Å². The summed E-state index contributed by atoms with van der Waals surface area (Å²) in [5.74, 6) is -5.14. The smallest absolute Gasteiger partial charge is 0.246 e. The summed E-state index contributed by atoms with van der Waals surface area (Å²) < 4.78 is 6.51. The van der Waals surface area contributed by atoms with Gasteiger partial charge in [0.15, 0.2) is 11.5 Å². The molecule has 0 spiro atoms. The number of benzene rings is 4. The predicted molar refractivity (Wildman–Crippen MR) is 192 cm³/mol. The van der Waals surface area contributed by atoms with Gasteiger partial charge in [0.2, 0.25) is 23.6 Å². The van der Waals surface area contributed by atoms with E-state index in [2.05, 4.69) is 22.6 Å². The third-order valence-electron chi connectivity index (χ3n) is 10.8. The van der Waals surface area contributed by atoms with Crippen LogP contribution in [-0.2, 0) is 24.6 Å². The predicted octanol–water partition coefficient (Wildman–Crippen LogP) is 7.03. The standard InChI is InChI=1S/C39H30ClIN2O6/c1-49-31-12-6-11-28(34(31)44)33-26-17-18-27-32(37(47)42(35(27)45)24-15-13-23(41)14-16-24)29(26)20-30-36(46)43(25-10-5-9-22(40)19-25)38(48)39(30,33)21-7-3-2-4-8-21/h2-17,19,27,29-30,32-33,44H,18,20H2,1H3/t27-,29+,30-,32-,33+,39+/m0/s1. The molecule has 8 rings (SSSR count). The minimum atomic E-state index is -1.50. The van der Waals surface area contributed by atoms with E-state index in [4.69, 9.17) is 16.3 Å². The van der Waals surface area contributed by atoms with Crippen LogP contribution in [0.5, 0.6) is 11.5 Å². The van der Waals surface area contributed by atoms with Crippen LogP contribution in [0.2, 0.25) is 5.02 Å². The first kappa shape index (κ1) is 31.8. The van der Waals surface area contributed by atoms with Gasteiger partial charge >= 0.3 is 0 Å². The number of carbonyl (C=O) groups is 4. The Morgan fingerprint density at radius 1 is 0.816 bits per heavy atom. The van der Waals surface area contributed by atoms with Crippen LogP contribution in [0, 0.1) is 27.2 Å². The van der Waals surface area contributed by atoms with Gasteiger partial charge in [0, 0.05) is 20.1 Å². The molecule has 246 valence electrons. The topological polar surface area (TPSA) is 104 Å². The molecule has 0 aromatic heterocycles. The molecule has 2 aliphatic carbocycles. The van der Waals surface area contributed by atoms with Crippen LogP contribution in [0.4, 0.5) is 11.4 Å². The third kappa shape index (κ3) is 4.54. The zero-order valence-corrected chi connectivity index (χ0v) is 29.2. The number of ether oxygens (including phenoxy) is 1. The molecular formula is C39H30ClIN2O6. The number of aromatic hydroxyl groups is 1. The van der Waals surface area contributed by atoms with E-state index in [1.54, 1.807) is 54.6 Å². The first-order valence-corrected chi connectivity index (χ1v) is 17.5. The Bertz CT molecular complexity index is 2080. The lowest BCUT2D eigenvalue weighted by molar-refractivity contribution is -0.127. The number of allylic oxidation sites excluding steroid dienone is 2. The second-order valence-electron chi connectivity index (χ2n) is 13.0. The Kier molecular flexibility index (Phi) is 7.68. The van der Waals surface area contributed by atoms with Crippen LogP contribution in [0.1, 0.15) is 29.9 Å². The second-order valence-corrected chi connectivity index (χ2v) is 14.7. The maximum Gasteiger partial charge on any atom is 0.246 e. The van der Waals surface area contributed by atoms with Crippen molar-refractivity contribution in [2.45, 2.75) is 24.2 Å². The molecule has 0 bridgehead atoms. The van der Waals surface area contributed by atoms with Crippen LogP contribution in [0.25, 0.3) is 0 Å². The third-order valence-corrected chi connectivity index (χ3v) is 11.8. The molecule has 4 aromatic carbocycles. The Morgan fingerprint density at radius 3 is 2.27 bits per heavy atom. The molecule has 1 N–H and O–H groups in total. The molecule has 6 atom stereocenters. The number of hydrogen-bond donors (Lipinski definition) is 1. The van der Waals surface area contributed by atoms with Gasteiger partial charge in [-0.05, 0) is 95.4 Å². The summed E-state index contributed by atoms with van der Waals surface area (Å²) in [5, 5.41) is 12.1. The molecule has 2 heterocycles. The van der Waals surface area contributed by atoms with Crippen LogP contribution in [0.15, 0.2) is 109 Å². The average molecular weight is 785 g/mol. The van der Waals surface area contributed by atoms with Gasteiger partial charge in [-0.3, -0.25) is 24.1 Å². The van der Waals surface area contributed by atoms with Gasteiger partial charge in [0.05, 0.1) is 41.7 Å². The fourth-order valence-corrected chi connectivity index (χ4v) is 9.41. The number of phenolic OH excluding ortho intramolecular Hbond substituents is 1. The number of anilines is 2. The summed E-state index contributed by atoms with van der Waals surface area (Å²) in [6, 6.07) is 28.2. The van der Waals surface area contributed by atoms with Crippen molar-refractivity contribution < 1.29 is 29.0 Å². The minimum Gasteiger partial charge on any atom is -0.504 e. The van der Waals surface area contributed by atoms with Crippen LogP contribution in [-0.4, -0.2) is 35.8 Å². The normalized spacial score (nSPS) is 27.5. The summed E-state index contributed by atoms with van der Waals surface area (Å²) in [6.45, 7) is 0. The summed E-state index contributed by atoms with van der Waals surface area (Å²) >= 11 is 8.56. The van der Waals surface area contributed by atoms with Crippen molar-refractivity contribution >= 4 is 69.2 Å². The molecule has 2 saturated heterocycles. The maximum absolute atomic E-state index is 15.3. The highest BCUT2D eigenvalue weighted by molar-refractivity contribution is 14.1. The molecule has 4 aromatic rings. The first-order chi connectivity index (χ1) is 23.7. The molecule has 0 radical (unpaired) electrons. The van der Waals surface area contributed by atoms with Crippen molar-refractivity contribution in [1.29, 1.82) is 0 Å². The molecule has 1 saturated carbocycles. The van der Waals surface area contributed by atoms with Crippen molar-refractivity contribution in [3.8, 4) is 11.5 Å². The number of nitrogens with zero attached hydrogens (tertiary/aromatic N) is 2. The number of hydrogen-bond acceptors (Lipinski definition) is 6. The zero-order valence-electron chi connectivity index (χ0n) is 26.3. The number of methoxy groups -OCH3 is 1. The Hall–Kier alpha value is -4.48. The van der Waals surface area contributed by atoms with Gasteiger partial charge < -0.3 is 9.84 Å². The van der Waals surface area contributed by atoms with Crippen molar-refractivity contribution in [2.24, 2.45) is 23.7 Å². The SMILES string of the molecule is COc1cccc([C@H]2C3=CC[C@@H]4C(=O)N(c5ccc(I)cc5)C(=O)[C@@H]4[C@@H]3C[C@H]3C(=O)N(c4cccc(Cl)c4)C(=O)[C@@]23c2ccccc2)c1O. The van der Waals surface area contributed by atoms with E-state index in [1.165, 1.54) is 16.9 Å². The lowest BCUT2D eigenvalue weighted by atomic mass is 9.49. The summed E-state index contributed by atoms with van der Waals surface area (Å²) in [4.78, 5) is 61.1. The number of carbonyl (C=O) groups excluding carboxylic acids is 4. The van der Waals surface area contributed by atoms with Gasteiger partial charge in [-0.1, -0.05) is 71.8 Å².